The predicted octanol–water partition coefficient (Wildman–Crippen LogP) is 3.73. The fourth-order valence-corrected chi connectivity index (χ4v) is 3.47. The number of ether oxygens (including phenoxy) is 3. The van der Waals surface area contributed by atoms with E-state index >= 15 is 0 Å². The fourth-order valence-electron chi connectivity index (χ4n) is 2.17. The molecular formula is C18H23FN2O5SSi. The molecule has 10 heteroatoms. The topological polar surface area (TPSA) is 101 Å². The largest absolute Gasteiger partial charge is 0.471 e. The van der Waals surface area contributed by atoms with Crippen LogP contribution in [-0.4, -0.2) is 38.1 Å². The Morgan fingerprint density at radius 2 is 1.96 bits per heavy atom. The van der Waals surface area contributed by atoms with Crippen LogP contribution >= 0.6 is 11.5 Å². The summed E-state index contributed by atoms with van der Waals surface area (Å²) in [5.41, 5.74) is 6.05. The molecule has 28 heavy (non-hydrogen) atoms. The molecule has 0 spiro atoms. The van der Waals surface area contributed by atoms with Crippen LogP contribution in [-0.2, 0) is 16.1 Å². The van der Waals surface area contributed by atoms with Gasteiger partial charge in [-0.2, -0.15) is 4.37 Å². The van der Waals surface area contributed by atoms with Gasteiger partial charge < -0.3 is 19.9 Å². The van der Waals surface area contributed by atoms with Gasteiger partial charge in [-0.3, -0.25) is 0 Å². The first-order chi connectivity index (χ1) is 13.1. The Morgan fingerprint density at radius 3 is 2.61 bits per heavy atom. The van der Waals surface area contributed by atoms with E-state index in [0.717, 1.165) is 17.6 Å². The van der Waals surface area contributed by atoms with Gasteiger partial charge in [-0.25, -0.2) is 14.0 Å². The van der Waals surface area contributed by atoms with Gasteiger partial charge in [-0.15, -0.1) is 0 Å². The number of methoxy groups -OCH3 is 1. The Balaban J connectivity index is 2.08. The van der Waals surface area contributed by atoms with E-state index in [4.69, 9.17) is 15.2 Å². The molecule has 0 saturated heterocycles. The Morgan fingerprint density at radius 1 is 1.25 bits per heavy atom. The zero-order chi connectivity index (χ0) is 20.9. The Bertz CT molecular complexity index is 866. The van der Waals surface area contributed by atoms with Crippen molar-refractivity contribution in [2.24, 2.45) is 0 Å². The summed E-state index contributed by atoms with van der Waals surface area (Å²) in [6, 6.07) is 4.73. The molecule has 0 unspecified atom stereocenters. The second-order valence-electron chi connectivity index (χ2n) is 7.26. The first kappa shape index (κ1) is 21.8. The van der Waals surface area contributed by atoms with Crippen molar-refractivity contribution in [2.45, 2.75) is 32.3 Å². The van der Waals surface area contributed by atoms with E-state index in [1.165, 1.54) is 25.3 Å². The monoisotopic (exact) mass is 426 g/mol. The second-order valence-corrected chi connectivity index (χ2v) is 13.7. The molecule has 7 nitrogen and oxygen atoms in total. The molecule has 0 amide bonds. The maximum Gasteiger partial charge on any atom is 0.346 e. The first-order valence-electron chi connectivity index (χ1n) is 8.54. The van der Waals surface area contributed by atoms with Crippen molar-refractivity contribution in [1.82, 2.24) is 4.37 Å². The minimum Gasteiger partial charge on any atom is -0.471 e. The molecule has 2 rings (SSSR count). The number of nitrogens with two attached hydrogens (primary N) is 1. The summed E-state index contributed by atoms with van der Waals surface area (Å²) in [7, 11) is -0.114. The molecule has 1 aromatic carbocycles. The van der Waals surface area contributed by atoms with E-state index in [1.54, 1.807) is 0 Å². The SMILES string of the molecule is COC(=O)c1c(OCc2cc(C(=O)OCC[Si](C)(C)C)ccc2F)nsc1N. The number of halogens is 1. The van der Waals surface area contributed by atoms with Gasteiger partial charge >= 0.3 is 11.9 Å². The lowest BCUT2D eigenvalue weighted by atomic mass is 10.1. The minimum atomic E-state index is -1.32. The summed E-state index contributed by atoms with van der Waals surface area (Å²) in [4.78, 5) is 24.0. The van der Waals surface area contributed by atoms with Crippen LogP contribution in [0.4, 0.5) is 9.39 Å². The van der Waals surface area contributed by atoms with Crippen molar-refractivity contribution in [3.63, 3.8) is 0 Å². The molecule has 0 aliphatic heterocycles. The molecule has 1 heterocycles. The number of esters is 2. The van der Waals surface area contributed by atoms with Crippen LogP contribution in [0.1, 0.15) is 26.3 Å². The predicted molar refractivity (Wildman–Crippen MR) is 107 cm³/mol. The van der Waals surface area contributed by atoms with Crippen LogP contribution in [0.2, 0.25) is 25.7 Å². The number of nitrogens with zero attached hydrogens (tertiary/aromatic N) is 1. The highest BCUT2D eigenvalue weighted by Gasteiger charge is 2.22. The van der Waals surface area contributed by atoms with Gasteiger partial charge in [-0.1, -0.05) is 19.6 Å². The lowest BCUT2D eigenvalue weighted by Crippen LogP contribution is -2.22. The van der Waals surface area contributed by atoms with E-state index in [-0.39, 0.29) is 34.2 Å². The van der Waals surface area contributed by atoms with Crippen molar-refractivity contribution in [3.8, 4) is 5.88 Å². The van der Waals surface area contributed by atoms with Crippen LogP contribution in [0.15, 0.2) is 18.2 Å². The molecule has 1 aromatic heterocycles. The summed E-state index contributed by atoms with van der Waals surface area (Å²) in [5, 5.41) is 0.141. The molecular weight excluding hydrogens is 403 g/mol. The molecule has 0 fully saturated rings. The fraction of sp³-hybridized carbons (Fsp3) is 0.389. The Kier molecular flexibility index (Phi) is 7.14. The van der Waals surface area contributed by atoms with Gasteiger partial charge in [0, 0.05) is 13.6 Å². The van der Waals surface area contributed by atoms with Crippen LogP contribution in [0, 0.1) is 5.82 Å². The standard InChI is InChI=1S/C18H23FN2O5SSi/c1-24-18(23)14-15(20)27-21-16(14)26-10-12-9-11(5-6-13(12)19)17(22)25-7-8-28(2,3)4/h5-6,9H,7-8,10,20H2,1-4H3. The molecule has 0 aliphatic rings. The van der Waals surface area contributed by atoms with Gasteiger partial charge in [0.2, 0.25) is 5.88 Å². The van der Waals surface area contributed by atoms with Crippen LogP contribution in [0.25, 0.3) is 0 Å². The number of carbonyl (C=O) groups is 2. The van der Waals surface area contributed by atoms with Gasteiger partial charge in [0.1, 0.15) is 17.4 Å². The van der Waals surface area contributed by atoms with Crippen LogP contribution < -0.4 is 10.5 Å². The van der Waals surface area contributed by atoms with Crippen LogP contribution in [0.5, 0.6) is 5.88 Å². The second kappa shape index (κ2) is 9.15. The number of carbonyl (C=O) groups excluding carboxylic acids is 2. The number of aromatic nitrogens is 1. The highest BCUT2D eigenvalue weighted by atomic mass is 32.1. The number of hydrogen-bond acceptors (Lipinski definition) is 8. The molecule has 0 radical (unpaired) electrons. The van der Waals surface area contributed by atoms with Gasteiger partial charge in [-0.05, 0) is 35.8 Å². The zero-order valence-electron chi connectivity index (χ0n) is 16.2. The normalized spacial score (nSPS) is 11.2. The van der Waals surface area contributed by atoms with Crippen molar-refractivity contribution in [1.29, 1.82) is 0 Å². The van der Waals surface area contributed by atoms with E-state index in [9.17, 15) is 14.0 Å². The van der Waals surface area contributed by atoms with E-state index in [2.05, 4.69) is 28.8 Å². The van der Waals surface area contributed by atoms with Crippen molar-refractivity contribution < 1.29 is 28.2 Å². The van der Waals surface area contributed by atoms with Gasteiger partial charge in [0.25, 0.3) is 0 Å². The van der Waals surface area contributed by atoms with Crippen LogP contribution in [0.3, 0.4) is 0 Å². The molecule has 2 aromatic rings. The Labute approximate surface area is 167 Å². The summed E-state index contributed by atoms with van der Waals surface area (Å²) < 4.78 is 33.4. The smallest absolute Gasteiger partial charge is 0.346 e. The molecule has 2 N–H and O–H groups in total. The average Bonchev–Trinajstić information content (AvgIpc) is 2.99. The highest BCUT2D eigenvalue weighted by Crippen LogP contribution is 2.29. The number of anilines is 1. The lowest BCUT2D eigenvalue weighted by molar-refractivity contribution is 0.0524. The summed E-state index contributed by atoms with van der Waals surface area (Å²) in [6.45, 7) is 6.64. The Hall–Kier alpha value is -2.46. The minimum absolute atomic E-state index is 0.00480. The number of benzene rings is 1. The average molecular weight is 427 g/mol. The van der Waals surface area contributed by atoms with Crippen molar-refractivity contribution in [2.75, 3.05) is 19.5 Å². The van der Waals surface area contributed by atoms with Crippen molar-refractivity contribution >= 4 is 36.5 Å². The van der Waals surface area contributed by atoms with Crippen molar-refractivity contribution in [3.05, 3.63) is 40.7 Å². The molecule has 0 saturated carbocycles. The van der Waals surface area contributed by atoms with Gasteiger partial charge in [0.15, 0.2) is 5.56 Å². The third-order valence-electron chi connectivity index (χ3n) is 3.81. The maximum absolute atomic E-state index is 14.1. The number of hydrogen-bond donors (Lipinski definition) is 1. The third kappa shape index (κ3) is 5.77. The molecule has 0 atom stereocenters. The third-order valence-corrected chi connectivity index (χ3v) is 6.17. The van der Waals surface area contributed by atoms with E-state index in [0.29, 0.717) is 6.61 Å². The number of rotatable bonds is 8. The zero-order valence-corrected chi connectivity index (χ0v) is 18.0. The number of nitrogen functional groups attached to an aromatic ring is 1. The quantitative estimate of drug-likeness (QED) is 0.507. The summed E-state index contributed by atoms with van der Waals surface area (Å²) in [5.74, 6) is -1.81. The lowest BCUT2D eigenvalue weighted by Gasteiger charge is -2.15. The maximum atomic E-state index is 14.1. The molecule has 152 valence electrons. The van der Waals surface area contributed by atoms with E-state index in [1.807, 2.05) is 0 Å². The highest BCUT2D eigenvalue weighted by molar-refractivity contribution is 7.10. The first-order valence-corrected chi connectivity index (χ1v) is 13.0. The van der Waals surface area contributed by atoms with E-state index < -0.39 is 25.8 Å². The summed E-state index contributed by atoms with van der Waals surface area (Å²) in [6.07, 6.45) is 0. The molecule has 0 aliphatic carbocycles. The molecule has 0 bridgehead atoms. The summed E-state index contributed by atoms with van der Waals surface area (Å²) >= 11 is 0.870. The van der Waals surface area contributed by atoms with Gasteiger partial charge in [0.05, 0.1) is 19.3 Å².